The minimum Gasteiger partial charge on any atom is -0.494 e. The summed E-state index contributed by atoms with van der Waals surface area (Å²) in [5.41, 5.74) is 11.7. The van der Waals surface area contributed by atoms with Crippen molar-refractivity contribution in [2.75, 3.05) is 13.7 Å². The average molecular weight is 608 g/mol. The normalized spacial score (nSPS) is 25.3. The first kappa shape index (κ1) is 27.4. The number of rotatable bonds is 8. The number of hydrogen-bond acceptors (Lipinski definition) is 6. The highest BCUT2D eigenvalue weighted by molar-refractivity contribution is 6.01. The fourth-order valence-electron chi connectivity index (χ4n) is 8.38. The first-order chi connectivity index (χ1) is 21.9. The Morgan fingerprint density at radius 1 is 1.07 bits per heavy atom. The summed E-state index contributed by atoms with van der Waals surface area (Å²) in [7, 11) is 1.68. The van der Waals surface area contributed by atoms with Crippen molar-refractivity contribution >= 4 is 33.9 Å². The first-order valence-electron chi connectivity index (χ1n) is 16.9. The molecule has 2 aliphatic carbocycles. The fraction of sp³-hybridized carbons (Fsp3) is 0.543. The van der Waals surface area contributed by atoms with E-state index in [9.17, 15) is 9.59 Å². The Hall–Kier alpha value is -3.92. The van der Waals surface area contributed by atoms with Gasteiger partial charge in [0.05, 0.1) is 30.1 Å². The van der Waals surface area contributed by atoms with Crippen LogP contribution < -0.4 is 10.5 Å². The van der Waals surface area contributed by atoms with Crippen LogP contribution in [0.1, 0.15) is 92.8 Å². The van der Waals surface area contributed by atoms with Crippen LogP contribution in [0.3, 0.4) is 0 Å². The predicted molar refractivity (Wildman–Crippen MR) is 171 cm³/mol. The lowest BCUT2D eigenvalue weighted by Crippen LogP contribution is -2.40. The number of ether oxygens (including phenoxy) is 1. The van der Waals surface area contributed by atoms with Crippen molar-refractivity contribution in [3.05, 3.63) is 41.6 Å². The number of nitrogens with zero attached hydrogens (tertiary/aromatic N) is 6. The number of methoxy groups -OCH3 is 1. The maximum absolute atomic E-state index is 13.9. The van der Waals surface area contributed by atoms with Crippen molar-refractivity contribution in [2.45, 2.75) is 101 Å². The van der Waals surface area contributed by atoms with Crippen molar-refractivity contribution in [1.82, 2.24) is 28.9 Å². The standard InChI is InChI=1S/C35H41N7O3/c1-19(39-13-3-4-31(39)43)26-11-7-21-15-29(40(33(21)37-26)18-20-5-6-20)34-38-27-14-22(16-30(45-2)32(27)42(34)23-8-9-23)35(44)41-24-10-12-28(41)25(36)17-24/h7,11,14-16,19-20,23-25,28H,3-6,8-10,12-13,17-18,36H2,1-2H3/t19-,24+,25-,28-/m1/s1. The number of carbonyl (C=O) groups excluding carboxylic acids is 2. The van der Waals surface area contributed by atoms with Gasteiger partial charge in [0.25, 0.3) is 5.91 Å². The maximum Gasteiger partial charge on any atom is 0.254 e. The molecule has 2 saturated carbocycles. The van der Waals surface area contributed by atoms with Gasteiger partial charge in [0.1, 0.15) is 16.9 Å². The Morgan fingerprint density at radius 2 is 1.89 bits per heavy atom. The van der Waals surface area contributed by atoms with E-state index in [1.54, 1.807) is 7.11 Å². The van der Waals surface area contributed by atoms with Crippen molar-refractivity contribution in [3.63, 3.8) is 0 Å². The molecule has 3 aromatic heterocycles. The number of hydrogen-bond donors (Lipinski definition) is 1. The third-order valence-electron chi connectivity index (χ3n) is 11.1. The van der Waals surface area contributed by atoms with E-state index in [1.807, 2.05) is 21.9 Å². The zero-order valence-electron chi connectivity index (χ0n) is 26.1. The van der Waals surface area contributed by atoms with E-state index in [2.05, 4.69) is 34.3 Å². The quantitative estimate of drug-likeness (QED) is 0.295. The highest BCUT2D eigenvalue weighted by atomic mass is 16.5. The lowest BCUT2D eigenvalue weighted by atomic mass is 9.97. The number of pyridine rings is 1. The van der Waals surface area contributed by atoms with Gasteiger partial charge in [-0.2, -0.15) is 0 Å². The zero-order valence-corrected chi connectivity index (χ0v) is 26.1. The SMILES string of the molecule is COc1cc(C(=O)N2[C@H]3CC[C@@H]2[C@H](N)C3)cc2nc(-c3cc4ccc([C@@H](C)N5CCCC5=O)nc4n3CC3CC3)n(C3CC3)c12. The number of nitrogens with two attached hydrogens (primary N) is 1. The Balaban J connectivity index is 1.18. The van der Waals surface area contributed by atoms with Gasteiger partial charge >= 0.3 is 0 Å². The molecule has 10 nitrogen and oxygen atoms in total. The molecule has 2 bridgehead atoms. The summed E-state index contributed by atoms with van der Waals surface area (Å²) in [6.07, 6.45) is 9.03. The Labute approximate surface area is 262 Å². The molecule has 6 heterocycles. The molecule has 2 amide bonds. The molecule has 0 spiro atoms. The van der Waals surface area contributed by atoms with Gasteiger partial charge < -0.3 is 29.4 Å². The van der Waals surface area contributed by atoms with Gasteiger partial charge in [0.15, 0.2) is 5.82 Å². The van der Waals surface area contributed by atoms with Crippen LogP contribution in [0.25, 0.3) is 33.6 Å². The van der Waals surface area contributed by atoms with Crippen LogP contribution >= 0.6 is 0 Å². The number of imidazole rings is 1. The number of aromatic nitrogens is 4. The fourth-order valence-corrected chi connectivity index (χ4v) is 8.38. The van der Waals surface area contributed by atoms with Crippen molar-refractivity contribution in [1.29, 1.82) is 0 Å². The Kier molecular flexibility index (Phi) is 6.11. The number of amides is 2. The molecular weight excluding hydrogens is 566 g/mol. The third kappa shape index (κ3) is 4.31. The van der Waals surface area contributed by atoms with Gasteiger partial charge in [-0.1, -0.05) is 0 Å². The molecule has 5 aliphatic rings. The number of benzene rings is 1. The summed E-state index contributed by atoms with van der Waals surface area (Å²) in [5.74, 6) is 2.46. The summed E-state index contributed by atoms with van der Waals surface area (Å²) in [6, 6.07) is 11.0. The molecule has 10 heteroatoms. The van der Waals surface area contributed by atoms with Gasteiger partial charge in [0, 0.05) is 54.6 Å². The van der Waals surface area contributed by atoms with Crippen LogP contribution in [-0.2, 0) is 11.3 Å². The first-order valence-corrected chi connectivity index (χ1v) is 16.9. The molecule has 9 rings (SSSR count). The van der Waals surface area contributed by atoms with E-state index in [0.717, 1.165) is 90.9 Å². The molecule has 1 aromatic carbocycles. The predicted octanol–water partition coefficient (Wildman–Crippen LogP) is 5.19. The zero-order chi connectivity index (χ0) is 30.6. The van der Waals surface area contributed by atoms with E-state index in [1.165, 1.54) is 12.8 Å². The van der Waals surface area contributed by atoms with Crippen LogP contribution in [0.4, 0.5) is 0 Å². The summed E-state index contributed by atoms with van der Waals surface area (Å²) in [5, 5.41) is 1.08. The molecule has 3 saturated heterocycles. The maximum atomic E-state index is 13.9. The average Bonchev–Trinajstić information content (AvgIpc) is 3.84. The second-order valence-electron chi connectivity index (χ2n) is 14.1. The minimum absolute atomic E-state index is 0.0309. The highest BCUT2D eigenvalue weighted by Crippen LogP contribution is 2.46. The van der Waals surface area contributed by atoms with Crippen molar-refractivity contribution in [2.24, 2.45) is 11.7 Å². The van der Waals surface area contributed by atoms with Crippen LogP contribution in [0, 0.1) is 5.92 Å². The summed E-state index contributed by atoms with van der Waals surface area (Å²) >= 11 is 0. The molecule has 5 fully saturated rings. The third-order valence-corrected chi connectivity index (χ3v) is 11.1. The monoisotopic (exact) mass is 607 g/mol. The molecule has 4 aromatic rings. The molecular formula is C35H41N7O3. The number of carbonyl (C=O) groups is 2. The van der Waals surface area contributed by atoms with Gasteiger partial charge in [-0.05, 0) is 94.5 Å². The second kappa shape index (κ2) is 10.0. The topological polar surface area (TPSA) is 112 Å². The van der Waals surface area contributed by atoms with E-state index < -0.39 is 0 Å². The van der Waals surface area contributed by atoms with Crippen LogP contribution in [-0.4, -0.2) is 72.5 Å². The van der Waals surface area contributed by atoms with Crippen LogP contribution in [0.2, 0.25) is 0 Å². The molecule has 2 N–H and O–H groups in total. The van der Waals surface area contributed by atoms with E-state index >= 15 is 0 Å². The molecule has 234 valence electrons. The van der Waals surface area contributed by atoms with Crippen molar-refractivity contribution < 1.29 is 14.3 Å². The molecule has 0 unspecified atom stereocenters. The summed E-state index contributed by atoms with van der Waals surface area (Å²) in [4.78, 5) is 40.9. The number of fused-ring (bicyclic) bond motifs is 4. The summed E-state index contributed by atoms with van der Waals surface area (Å²) < 4.78 is 10.7. The van der Waals surface area contributed by atoms with Crippen LogP contribution in [0.15, 0.2) is 30.3 Å². The van der Waals surface area contributed by atoms with Gasteiger partial charge in [0.2, 0.25) is 5.91 Å². The Bertz CT molecular complexity index is 1870. The van der Waals surface area contributed by atoms with E-state index in [0.29, 0.717) is 29.7 Å². The van der Waals surface area contributed by atoms with Crippen molar-refractivity contribution in [3.8, 4) is 17.3 Å². The van der Waals surface area contributed by atoms with E-state index in [4.69, 9.17) is 20.4 Å². The smallest absolute Gasteiger partial charge is 0.254 e. The van der Waals surface area contributed by atoms with Gasteiger partial charge in [-0.3, -0.25) is 9.59 Å². The second-order valence-corrected chi connectivity index (χ2v) is 14.1. The molecule has 0 radical (unpaired) electrons. The van der Waals surface area contributed by atoms with E-state index in [-0.39, 0.29) is 36.0 Å². The Morgan fingerprint density at radius 3 is 2.56 bits per heavy atom. The molecule has 4 atom stereocenters. The van der Waals surface area contributed by atoms with Gasteiger partial charge in [-0.15, -0.1) is 0 Å². The summed E-state index contributed by atoms with van der Waals surface area (Å²) in [6.45, 7) is 3.77. The number of likely N-dealkylation sites (tertiary alicyclic amines) is 1. The minimum atomic E-state index is -0.0613. The highest BCUT2D eigenvalue weighted by Gasteiger charge is 2.47. The molecule has 3 aliphatic heterocycles. The lowest BCUT2D eigenvalue weighted by Gasteiger charge is -2.24. The lowest BCUT2D eigenvalue weighted by molar-refractivity contribution is -0.129. The molecule has 45 heavy (non-hydrogen) atoms. The largest absolute Gasteiger partial charge is 0.494 e. The van der Waals surface area contributed by atoms with Crippen LogP contribution in [0.5, 0.6) is 5.75 Å². The van der Waals surface area contributed by atoms with Gasteiger partial charge in [-0.25, -0.2) is 9.97 Å².